The standard InChI is InChI=1S/C20H31N3O/c1-6-22(14-16(2)3)20(24)15-21-10-12-23(13-11-21)19-9-7-8-17(4)18(19)5/h7-9H,2,6,10-15H2,1,3-5H3. The van der Waals surface area contributed by atoms with Gasteiger partial charge in [-0.05, 0) is 44.9 Å². The highest BCUT2D eigenvalue weighted by molar-refractivity contribution is 5.78. The van der Waals surface area contributed by atoms with E-state index in [1.54, 1.807) is 0 Å². The zero-order valence-electron chi connectivity index (χ0n) is 15.6. The number of aryl methyl sites for hydroxylation is 1. The molecule has 1 aliphatic heterocycles. The number of carbonyl (C=O) groups is 1. The van der Waals surface area contributed by atoms with Crippen molar-refractivity contribution >= 4 is 11.6 Å². The Hall–Kier alpha value is -1.81. The van der Waals surface area contributed by atoms with Gasteiger partial charge in [-0.2, -0.15) is 0 Å². The number of rotatable bonds is 6. The Morgan fingerprint density at radius 1 is 1.21 bits per heavy atom. The van der Waals surface area contributed by atoms with Crippen molar-refractivity contribution in [2.75, 3.05) is 50.7 Å². The van der Waals surface area contributed by atoms with Crippen molar-refractivity contribution in [2.24, 2.45) is 0 Å². The summed E-state index contributed by atoms with van der Waals surface area (Å²) in [4.78, 5) is 19.1. The second-order valence-corrected chi connectivity index (χ2v) is 6.85. The topological polar surface area (TPSA) is 26.8 Å². The first kappa shape index (κ1) is 18.5. The van der Waals surface area contributed by atoms with Crippen LogP contribution in [0.25, 0.3) is 0 Å². The molecule has 1 fully saturated rings. The number of piperazine rings is 1. The van der Waals surface area contributed by atoms with E-state index < -0.39 is 0 Å². The van der Waals surface area contributed by atoms with Crippen LogP contribution in [0.5, 0.6) is 0 Å². The van der Waals surface area contributed by atoms with E-state index in [2.05, 4.69) is 48.4 Å². The summed E-state index contributed by atoms with van der Waals surface area (Å²) in [6.45, 7) is 18.0. The maximum atomic E-state index is 12.5. The Morgan fingerprint density at radius 2 is 1.88 bits per heavy atom. The van der Waals surface area contributed by atoms with Gasteiger partial charge in [-0.25, -0.2) is 0 Å². The lowest BCUT2D eigenvalue weighted by atomic mass is 10.1. The molecule has 1 amide bonds. The van der Waals surface area contributed by atoms with E-state index in [0.717, 1.165) is 38.3 Å². The van der Waals surface area contributed by atoms with Gasteiger partial charge in [0.2, 0.25) is 5.91 Å². The minimum Gasteiger partial charge on any atom is -0.369 e. The second-order valence-electron chi connectivity index (χ2n) is 6.85. The average molecular weight is 329 g/mol. The van der Waals surface area contributed by atoms with Crippen molar-refractivity contribution in [2.45, 2.75) is 27.7 Å². The Bertz CT molecular complexity index is 589. The number of hydrogen-bond donors (Lipinski definition) is 0. The highest BCUT2D eigenvalue weighted by Gasteiger charge is 2.22. The smallest absolute Gasteiger partial charge is 0.237 e. The molecule has 4 nitrogen and oxygen atoms in total. The summed E-state index contributed by atoms with van der Waals surface area (Å²) >= 11 is 0. The Balaban J connectivity index is 1.89. The van der Waals surface area contributed by atoms with E-state index in [1.807, 2.05) is 18.7 Å². The molecule has 2 rings (SSSR count). The number of likely N-dealkylation sites (N-methyl/N-ethyl adjacent to an activating group) is 1. The highest BCUT2D eigenvalue weighted by atomic mass is 16.2. The van der Waals surface area contributed by atoms with Gasteiger partial charge >= 0.3 is 0 Å². The first-order chi connectivity index (χ1) is 11.4. The number of benzene rings is 1. The lowest BCUT2D eigenvalue weighted by Gasteiger charge is -2.37. The van der Waals surface area contributed by atoms with Crippen molar-refractivity contribution in [3.8, 4) is 0 Å². The van der Waals surface area contributed by atoms with Crippen LogP contribution in [0.15, 0.2) is 30.4 Å². The van der Waals surface area contributed by atoms with Gasteiger partial charge in [0.25, 0.3) is 0 Å². The van der Waals surface area contributed by atoms with Gasteiger partial charge in [-0.1, -0.05) is 24.3 Å². The number of carbonyl (C=O) groups excluding carboxylic acids is 1. The fourth-order valence-corrected chi connectivity index (χ4v) is 3.22. The summed E-state index contributed by atoms with van der Waals surface area (Å²) in [5, 5.41) is 0. The summed E-state index contributed by atoms with van der Waals surface area (Å²) in [5.41, 5.74) is 5.06. The fraction of sp³-hybridized carbons (Fsp3) is 0.550. The third-order valence-electron chi connectivity index (χ3n) is 4.84. The molecular formula is C20H31N3O. The number of hydrogen-bond acceptors (Lipinski definition) is 3. The van der Waals surface area contributed by atoms with Gasteiger partial charge in [-0.15, -0.1) is 0 Å². The summed E-state index contributed by atoms with van der Waals surface area (Å²) in [7, 11) is 0. The van der Waals surface area contributed by atoms with Crippen molar-refractivity contribution in [3.05, 3.63) is 41.5 Å². The largest absolute Gasteiger partial charge is 0.369 e. The third kappa shape index (κ3) is 4.60. The van der Waals surface area contributed by atoms with Crippen molar-refractivity contribution in [1.29, 1.82) is 0 Å². The van der Waals surface area contributed by atoms with Crippen LogP contribution < -0.4 is 4.90 Å². The molecule has 0 unspecified atom stereocenters. The SMILES string of the molecule is C=C(C)CN(CC)C(=O)CN1CCN(c2cccc(C)c2C)CC1. The summed E-state index contributed by atoms with van der Waals surface area (Å²) in [5.74, 6) is 0.209. The second kappa shape index (κ2) is 8.34. The molecule has 0 aromatic heterocycles. The molecule has 0 aliphatic carbocycles. The molecule has 0 N–H and O–H groups in total. The van der Waals surface area contributed by atoms with Crippen LogP contribution in [-0.4, -0.2) is 61.5 Å². The maximum absolute atomic E-state index is 12.5. The molecule has 1 saturated heterocycles. The van der Waals surface area contributed by atoms with Gasteiger partial charge in [0.05, 0.1) is 6.54 Å². The molecule has 1 aromatic carbocycles. The number of nitrogens with zero attached hydrogens (tertiary/aromatic N) is 3. The average Bonchev–Trinajstić information content (AvgIpc) is 2.55. The maximum Gasteiger partial charge on any atom is 0.237 e. The van der Waals surface area contributed by atoms with E-state index in [-0.39, 0.29) is 5.91 Å². The van der Waals surface area contributed by atoms with Gasteiger partial charge in [0.1, 0.15) is 0 Å². The molecular weight excluding hydrogens is 298 g/mol. The molecule has 1 aromatic rings. The summed E-state index contributed by atoms with van der Waals surface area (Å²) in [6.07, 6.45) is 0. The van der Waals surface area contributed by atoms with Crippen LogP contribution in [0, 0.1) is 13.8 Å². The van der Waals surface area contributed by atoms with E-state index in [1.165, 1.54) is 16.8 Å². The van der Waals surface area contributed by atoms with Gasteiger partial charge < -0.3 is 9.80 Å². The van der Waals surface area contributed by atoms with Crippen LogP contribution in [0.1, 0.15) is 25.0 Å². The van der Waals surface area contributed by atoms with Gasteiger partial charge in [0.15, 0.2) is 0 Å². The van der Waals surface area contributed by atoms with Crippen LogP contribution in [0.3, 0.4) is 0 Å². The third-order valence-corrected chi connectivity index (χ3v) is 4.84. The molecule has 0 bridgehead atoms. The monoisotopic (exact) mass is 329 g/mol. The van der Waals surface area contributed by atoms with Gasteiger partial charge in [-0.3, -0.25) is 9.69 Å². The molecule has 1 heterocycles. The minimum absolute atomic E-state index is 0.209. The predicted molar refractivity (Wildman–Crippen MR) is 102 cm³/mol. The van der Waals surface area contributed by atoms with Crippen LogP contribution in [0.2, 0.25) is 0 Å². The zero-order chi connectivity index (χ0) is 17.7. The molecule has 1 aliphatic rings. The normalized spacial score (nSPS) is 15.4. The summed E-state index contributed by atoms with van der Waals surface area (Å²) < 4.78 is 0. The Morgan fingerprint density at radius 3 is 2.46 bits per heavy atom. The molecule has 0 saturated carbocycles. The first-order valence-corrected chi connectivity index (χ1v) is 8.88. The lowest BCUT2D eigenvalue weighted by molar-refractivity contribution is -0.131. The number of amides is 1. The van der Waals surface area contributed by atoms with E-state index in [4.69, 9.17) is 0 Å². The number of anilines is 1. The molecule has 0 radical (unpaired) electrons. The Labute approximate surface area is 146 Å². The molecule has 0 atom stereocenters. The summed E-state index contributed by atoms with van der Waals surface area (Å²) in [6, 6.07) is 6.49. The fourth-order valence-electron chi connectivity index (χ4n) is 3.22. The van der Waals surface area contributed by atoms with E-state index in [9.17, 15) is 4.79 Å². The van der Waals surface area contributed by atoms with Crippen LogP contribution >= 0.6 is 0 Å². The molecule has 4 heteroatoms. The van der Waals surface area contributed by atoms with Crippen LogP contribution in [-0.2, 0) is 4.79 Å². The van der Waals surface area contributed by atoms with Crippen molar-refractivity contribution in [3.63, 3.8) is 0 Å². The molecule has 132 valence electrons. The Kier molecular flexibility index (Phi) is 6.44. The quantitative estimate of drug-likeness (QED) is 0.751. The van der Waals surface area contributed by atoms with E-state index in [0.29, 0.717) is 13.1 Å². The first-order valence-electron chi connectivity index (χ1n) is 8.88. The molecule has 0 spiro atoms. The van der Waals surface area contributed by atoms with Crippen LogP contribution in [0.4, 0.5) is 5.69 Å². The lowest BCUT2D eigenvalue weighted by Crippen LogP contribution is -2.50. The van der Waals surface area contributed by atoms with E-state index >= 15 is 0 Å². The molecule has 24 heavy (non-hydrogen) atoms. The van der Waals surface area contributed by atoms with Crippen molar-refractivity contribution in [1.82, 2.24) is 9.80 Å². The minimum atomic E-state index is 0.209. The predicted octanol–water partition coefficient (Wildman–Crippen LogP) is 2.85. The highest BCUT2D eigenvalue weighted by Crippen LogP contribution is 2.23. The van der Waals surface area contributed by atoms with Crippen molar-refractivity contribution < 1.29 is 4.79 Å². The zero-order valence-corrected chi connectivity index (χ0v) is 15.6. The van der Waals surface area contributed by atoms with Gasteiger partial charge in [0, 0.05) is 45.0 Å².